The maximum atomic E-state index is 13.4. The van der Waals surface area contributed by atoms with Gasteiger partial charge >= 0.3 is 6.03 Å². The van der Waals surface area contributed by atoms with E-state index in [9.17, 15) is 18.4 Å². The van der Waals surface area contributed by atoms with Gasteiger partial charge in [-0.25, -0.2) is 18.6 Å². The fourth-order valence-corrected chi connectivity index (χ4v) is 5.17. The van der Waals surface area contributed by atoms with Crippen molar-refractivity contribution in [1.29, 1.82) is 0 Å². The standard InChI is InChI=1S/C23H35F2N7O2/c1-12(2)18-20(33)29-17-13(3)26-21(30-19(17)32(18)5)27-14-10-15(11-14)28-22(34)31(4)16-6-8-23(24,25)9-7-16/h12,14-16,18H,6-11H2,1-5H3,(H,28,34)(H,29,33)(H,26,27,30)/t14-,15+,18?. The van der Waals surface area contributed by atoms with Crippen LogP contribution in [-0.4, -0.2) is 71.0 Å². The number of fused-ring (bicyclic) bond motifs is 1. The molecule has 0 spiro atoms. The average Bonchev–Trinajstić information content (AvgIpc) is 2.72. The van der Waals surface area contributed by atoms with E-state index >= 15 is 0 Å². The number of likely N-dealkylation sites (N-methyl/N-ethyl adjacent to an activating group) is 1. The number of anilines is 3. The molecular formula is C23H35F2N7O2. The van der Waals surface area contributed by atoms with Crippen molar-refractivity contribution in [2.24, 2.45) is 5.92 Å². The molecular weight excluding hydrogens is 444 g/mol. The molecule has 0 saturated heterocycles. The first-order valence-electron chi connectivity index (χ1n) is 12.0. The van der Waals surface area contributed by atoms with E-state index in [1.165, 1.54) is 0 Å². The molecule has 188 valence electrons. The van der Waals surface area contributed by atoms with Gasteiger partial charge in [0.2, 0.25) is 17.8 Å². The third-order valence-electron chi connectivity index (χ3n) is 7.32. The van der Waals surface area contributed by atoms with Gasteiger partial charge in [-0.2, -0.15) is 4.98 Å². The third kappa shape index (κ3) is 4.88. The molecule has 2 heterocycles. The quantitative estimate of drug-likeness (QED) is 0.599. The van der Waals surface area contributed by atoms with E-state index in [0.717, 1.165) is 12.8 Å². The molecule has 1 aliphatic heterocycles. The monoisotopic (exact) mass is 479 g/mol. The molecule has 3 N–H and O–H groups in total. The number of aromatic nitrogens is 2. The second-order valence-electron chi connectivity index (χ2n) is 10.3. The van der Waals surface area contributed by atoms with E-state index in [1.54, 1.807) is 11.9 Å². The van der Waals surface area contributed by atoms with Gasteiger partial charge in [0, 0.05) is 45.1 Å². The van der Waals surface area contributed by atoms with Crippen LogP contribution in [0.5, 0.6) is 0 Å². The zero-order valence-electron chi connectivity index (χ0n) is 20.5. The molecule has 3 amide bonds. The highest BCUT2D eigenvalue weighted by Gasteiger charge is 2.39. The van der Waals surface area contributed by atoms with Crippen LogP contribution in [0, 0.1) is 12.8 Å². The number of amides is 3. The summed E-state index contributed by atoms with van der Waals surface area (Å²) in [5.41, 5.74) is 1.33. The largest absolute Gasteiger partial charge is 0.351 e. The zero-order valence-corrected chi connectivity index (χ0v) is 20.5. The Morgan fingerprint density at radius 2 is 1.85 bits per heavy atom. The summed E-state index contributed by atoms with van der Waals surface area (Å²) in [5, 5.41) is 9.29. The number of nitrogens with one attached hydrogen (secondary N) is 3. The van der Waals surface area contributed by atoms with Crippen LogP contribution in [-0.2, 0) is 4.79 Å². The lowest BCUT2D eigenvalue weighted by atomic mass is 9.87. The Balaban J connectivity index is 1.30. The molecule has 11 heteroatoms. The molecule has 0 bridgehead atoms. The topological polar surface area (TPSA) is 102 Å². The van der Waals surface area contributed by atoms with E-state index in [2.05, 4.69) is 25.9 Å². The Kier molecular flexibility index (Phi) is 6.56. The number of urea groups is 1. The SMILES string of the molecule is Cc1nc(N[C@H]2C[C@@H](NC(=O)N(C)C3CCC(F)(F)CC3)C2)nc2c1NC(=O)C(C(C)C)N2C. The lowest BCUT2D eigenvalue weighted by Crippen LogP contribution is -2.55. The molecule has 2 saturated carbocycles. The Labute approximate surface area is 199 Å². The Morgan fingerprint density at radius 3 is 2.47 bits per heavy atom. The van der Waals surface area contributed by atoms with Crippen molar-refractivity contribution in [2.45, 2.75) is 89.4 Å². The number of halogens is 2. The molecule has 1 aromatic rings. The van der Waals surface area contributed by atoms with Crippen molar-refractivity contribution >= 4 is 29.4 Å². The highest BCUT2D eigenvalue weighted by Crippen LogP contribution is 2.36. The van der Waals surface area contributed by atoms with Gasteiger partial charge in [0.1, 0.15) is 11.7 Å². The molecule has 2 fully saturated rings. The van der Waals surface area contributed by atoms with Gasteiger partial charge < -0.3 is 25.8 Å². The van der Waals surface area contributed by atoms with Crippen molar-refractivity contribution < 1.29 is 18.4 Å². The highest BCUT2D eigenvalue weighted by atomic mass is 19.3. The highest BCUT2D eigenvalue weighted by molar-refractivity contribution is 6.03. The molecule has 0 aromatic carbocycles. The summed E-state index contributed by atoms with van der Waals surface area (Å²) >= 11 is 0. The van der Waals surface area contributed by atoms with E-state index in [1.807, 2.05) is 32.7 Å². The van der Waals surface area contributed by atoms with E-state index in [-0.39, 0.29) is 54.9 Å². The minimum Gasteiger partial charge on any atom is -0.351 e. The number of aryl methyl sites for hydroxylation is 1. The van der Waals surface area contributed by atoms with Crippen LogP contribution in [0.3, 0.4) is 0 Å². The second-order valence-corrected chi connectivity index (χ2v) is 10.3. The summed E-state index contributed by atoms with van der Waals surface area (Å²) in [7, 11) is 3.55. The van der Waals surface area contributed by atoms with Crippen LogP contribution in [0.15, 0.2) is 0 Å². The predicted octanol–water partition coefficient (Wildman–Crippen LogP) is 3.36. The van der Waals surface area contributed by atoms with Gasteiger partial charge in [-0.15, -0.1) is 0 Å². The number of hydrogen-bond acceptors (Lipinski definition) is 6. The first kappa shape index (κ1) is 24.4. The Bertz CT molecular complexity index is 941. The minimum absolute atomic E-state index is 0.0171. The van der Waals surface area contributed by atoms with Crippen LogP contribution < -0.4 is 20.9 Å². The van der Waals surface area contributed by atoms with Crippen molar-refractivity contribution in [3.63, 3.8) is 0 Å². The molecule has 1 atom stereocenters. The predicted molar refractivity (Wildman–Crippen MR) is 126 cm³/mol. The second kappa shape index (κ2) is 9.14. The van der Waals surface area contributed by atoms with Crippen molar-refractivity contribution in [3.8, 4) is 0 Å². The van der Waals surface area contributed by atoms with Gasteiger partial charge in [-0.3, -0.25) is 4.79 Å². The molecule has 1 aromatic heterocycles. The Hall–Kier alpha value is -2.72. The molecule has 4 rings (SSSR count). The summed E-state index contributed by atoms with van der Waals surface area (Å²) in [6.45, 7) is 5.85. The number of hydrogen-bond donors (Lipinski definition) is 3. The van der Waals surface area contributed by atoms with Crippen molar-refractivity contribution in [3.05, 3.63) is 5.69 Å². The zero-order chi connectivity index (χ0) is 24.8. The average molecular weight is 480 g/mol. The van der Waals surface area contributed by atoms with Crippen LogP contribution in [0.2, 0.25) is 0 Å². The summed E-state index contributed by atoms with van der Waals surface area (Å²) in [4.78, 5) is 37.7. The van der Waals surface area contributed by atoms with Gasteiger partial charge in [0.25, 0.3) is 0 Å². The smallest absolute Gasteiger partial charge is 0.317 e. The van der Waals surface area contributed by atoms with Crippen LogP contribution in [0.1, 0.15) is 58.1 Å². The number of alkyl halides is 2. The minimum atomic E-state index is -2.60. The van der Waals surface area contributed by atoms with Crippen LogP contribution >= 0.6 is 0 Å². The lowest BCUT2D eigenvalue weighted by Gasteiger charge is -2.40. The first-order valence-corrected chi connectivity index (χ1v) is 12.0. The van der Waals surface area contributed by atoms with Gasteiger partial charge in [0.05, 0.1) is 5.69 Å². The number of carbonyl (C=O) groups excluding carboxylic acids is 2. The molecule has 0 radical (unpaired) electrons. The fraction of sp³-hybridized carbons (Fsp3) is 0.739. The van der Waals surface area contributed by atoms with E-state index in [0.29, 0.717) is 36.0 Å². The van der Waals surface area contributed by atoms with E-state index < -0.39 is 5.92 Å². The fourth-order valence-electron chi connectivity index (χ4n) is 5.17. The molecule has 2 aliphatic carbocycles. The molecule has 1 unspecified atom stereocenters. The summed E-state index contributed by atoms with van der Waals surface area (Å²) in [5.74, 6) is -1.34. The van der Waals surface area contributed by atoms with Crippen LogP contribution in [0.25, 0.3) is 0 Å². The third-order valence-corrected chi connectivity index (χ3v) is 7.32. The number of rotatable bonds is 5. The summed E-state index contributed by atoms with van der Waals surface area (Å²) < 4.78 is 26.8. The van der Waals surface area contributed by atoms with Gasteiger partial charge in [-0.1, -0.05) is 13.8 Å². The van der Waals surface area contributed by atoms with Gasteiger partial charge in [0.15, 0.2) is 5.82 Å². The number of carbonyl (C=O) groups is 2. The Morgan fingerprint density at radius 1 is 1.21 bits per heavy atom. The lowest BCUT2D eigenvalue weighted by molar-refractivity contribution is -0.118. The molecule has 3 aliphatic rings. The summed E-state index contributed by atoms with van der Waals surface area (Å²) in [6, 6.07) is -0.524. The maximum Gasteiger partial charge on any atom is 0.317 e. The molecule has 34 heavy (non-hydrogen) atoms. The molecule has 9 nitrogen and oxygen atoms in total. The number of nitrogens with zero attached hydrogens (tertiary/aromatic N) is 4. The summed E-state index contributed by atoms with van der Waals surface area (Å²) in [6.07, 6.45) is 1.77. The van der Waals surface area contributed by atoms with E-state index in [4.69, 9.17) is 0 Å². The van der Waals surface area contributed by atoms with Crippen molar-refractivity contribution in [1.82, 2.24) is 20.2 Å². The first-order chi connectivity index (χ1) is 15.9. The van der Waals surface area contributed by atoms with Crippen molar-refractivity contribution in [2.75, 3.05) is 29.6 Å². The van der Waals surface area contributed by atoms with Gasteiger partial charge in [-0.05, 0) is 38.5 Å². The van der Waals surface area contributed by atoms with Crippen LogP contribution in [0.4, 0.5) is 31.0 Å². The maximum absolute atomic E-state index is 13.4. The normalized spacial score (nSPS) is 26.4.